The van der Waals surface area contributed by atoms with Gasteiger partial charge in [-0.1, -0.05) is 0 Å². The van der Waals surface area contributed by atoms with E-state index in [1.54, 1.807) is 23.6 Å². The number of pyridine rings is 2. The lowest BCUT2D eigenvalue weighted by Gasteiger charge is -2.19. The highest BCUT2D eigenvalue weighted by molar-refractivity contribution is 14.1. The first kappa shape index (κ1) is 25.4. The van der Waals surface area contributed by atoms with Crippen molar-refractivity contribution in [1.82, 2.24) is 9.55 Å². The van der Waals surface area contributed by atoms with Crippen molar-refractivity contribution in [1.29, 1.82) is 0 Å². The largest absolute Gasteiger partial charge is 0.421 e. The summed E-state index contributed by atoms with van der Waals surface area (Å²) in [5.74, 6) is -0.460. The van der Waals surface area contributed by atoms with Gasteiger partial charge in [-0.3, -0.25) is 9.52 Å². The van der Waals surface area contributed by atoms with Crippen LogP contribution in [0, 0.1) is 23.2 Å². The van der Waals surface area contributed by atoms with Crippen LogP contribution < -0.4 is 21.2 Å². The number of fused-ring (bicyclic) bond motifs is 1. The van der Waals surface area contributed by atoms with Crippen LogP contribution in [0.25, 0.3) is 22.1 Å². The predicted molar refractivity (Wildman–Crippen MR) is 149 cm³/mol. The van der Waals surface area contributed by atoms with Crippen LogP contribution in [-0.2, 0) is 10.0 Å². The number of rotatable bonds is 6. The van der Waals surface area contributed by atoms with Gasteiger partial charge in [-0.05, 0) is 85.2 Å². The standard InChI is InChI=1S/C25H22FIN4O5S/c1-12-22(29-18-7-4-15(27)11-17(18)26)21-23(36-25(12)33)20(13(2)31(24(21)32)16-5-6-16)14-8-9-28-19(10-14)30-37(3,34)35/h4,7-11,16,29H,5-6H2,1-3H3,(H,28,30). The molecule has 5 rings (SSSR count). The number of sulfonamides is 1. The van der Waals surface area contributed by atoms with Gasteiger partial charge in [0.2, 0.25) is 10.0 Å². The Labute approximate surface area is 224 Å². The molecule has 2 N–H and O–H groups in total. The molecule has 1 saturated carbocycles. The summed E-state index contributed by atoms with van der Waals surface area (Å²) in [4.78, 5) is 30.9. The Morgan fingerprint density at radius 3 is 2.54 bits per heavy atom. The van der Waals surface area contributed by atoms with Gasteiger partial charge in [0.25, 0.3) is 5.56 Å². The van der Waals surface area contributed by atoms with Crippen molar-refractivity contribution >= 4 is 60.8 Å². The van der Waals surface area contributed by atoms with Gasteiger partial charge in [0.05, 0.1) is 23.2 Å². The molecule has 37 heavy (non-hydrogen) atoms. The Morgan fingerprint density at radius 2 is 1.89 bits per heavy atom. The average molecular weight is 636 g/mol. The van der Waals surface area contributed by atoms with Gasteiger partial charge in [-0.25, -0.2) is 22.6 Å². The summed E-state index contributed by atoms with van der Waals surface area (Å²) in [5.41, 5.74) is 0.897. The number of aromatic nitrogens is 2. The summed E-state index contributed by atoms with van der Waals surface area (Å²) >= 11 is 1.99. The van der Waals surface area contributed by atoms with Crippen molar-refractivity contribution in [2.75, 3.05) is 16.3 Å². The second-order valence-corrected chi connectivity index (χ2v) is 12.0. The van der Waals surface area contributed by atoms with Crippen LogP contribution >= 0.6 is 22.6 Å². The lowest BCUT2D eigenvalue weighted by molar-refractivity contribution is 0.553. The maximum Gasteiger partial charge on any atom is 0.341 e. The van der Waals surface area contributed by atoms with E-state index in [1.165, 1.54) is 31.3 Å². The maximum absolute atomic E-state index is 14.8. The van der Waals surface area contributed by atoms with Gasteiger partial charge in [-0.15, -0.1) is 0 Å². The van der Waals surface area contributed by atoms with Crippen molar-refractivity contribution in [3.05, 3.63) is 77.9 Å². The first-order valence-corrected chi connectivity index (χ1v) is 14.3. The molecule has 9 nitrogen and oxygen atoms in total. The normalized spacial score (nSPS) is 13.6. The van der Waals surface area contributed by atoms with E-state index in [4.69, 9.17) is 4.42 Å². The van der Waals surface area contributed by atoms with Crippen LogP contribution in [0.4, 0.5) is 21.6 Å². The zero-order chi connectivity index (χ0) is 26.6. The Kier molecular flexibility index (Phi) is 6.34. The van der Waals surface area contributed by atoms with Gasteiger partial charge >= 0.3 is 5.63 Å². The van der Waals surface area contributed by atoms with Crippen LogP contribution in [0.5, 0.6) is 0 Å². The molecule has 12 heteroatoms. The number of nitrogens with zero attached hydrogens (tertiary/aromatic N) is 2. The second kappa shape index (κ2) is 9.24. The van der Waals surface area contributed by atoms with E-state index in [0.29, 0.717) is 20.4 Å². The minimum Gasteiger partial charge on any atom is -0.421 e. The van der Waals surface area contributed by atoms with Gasteiger partial charge in [0.15, 0.2) is 5.58 Å². The SMILES string of the molecule is Cc1c(Nc2ccc(I)cc2F)c2c(=O)n(C3CC3)c(C)c(-c3ccnc(NS(C)(=O)=O)c3)c2oc1=O. The second-order valence-electron chi connectivity index (χ2n) is 9.01. The molecule has 0 radical (unpaired) electrons. The number of anilines is 3. The summed E-state index contributed by atoms with van der Waals surface area (Å²) in [6.45, 7) is 3.27. The Balaban J connectivity index is 1.84. The van der Waals surface area contributed by atoms with E-state index in [0.717, 1.165) is 19.1 Å². The van der Waals surface area contributed by atoms with E-state index in [2.05, 4.69) is 15.0 Å². The highest BCUT2D eigenvalue weighted by Crippen LogP contribution is 2.41. The zero-order valence-electron chi connectivity index (χ0n) is 20.1. The van der Waals surface area contributed by atoms with Gasteiger partial charge in [-0.2, -0.15) is 0 Å². The highest BCUT2D eigenvalue weighted by atomic mass is 127. The topological polar surface area (TPSA) is 123 Å². The fourth-order valence-electron chi connectivity index (χ4n) is 4.39. The lowest BCUT2D eigenvalue weighted by Crippen LogP contribution is -2.25. The molecule has 0 amide bonds. The van der Waals surface area contributed by atoms with E-state index in [1.807, 2.05) is 22.6 Å². The molecule has 0 aliphatic heterocycles. The van der Waals surface area contributed by atoms with Crippen molar-refractivity contribution < 1.29 is 17.2 Å². The number of hydrogen-bond acceptors (Lipinski definition) is 7. The number of halogens is 2. The molecule has 0 atom stereocenters. The first-order chi connectivity index (χ1) is 17.4. The summed E-state index contributed by atoms with van der Waals surface area (Å²) in [5, 5.41) is 3.07. The quantitative estimate of drug-likeness (QED) is 0.291. The molecule has 0 unspecified atom stereocenters. The van der Waals surface area contributed by atoms with Crippen molar-refractivity contribution in [2.45, 2.75) is 32.7 Å². The third-order valence-electron chi connectivity index (χ3n) is 6.18. The predicted octanol–water partition coefficient (Wildman–Crippen LogP) is 4.83. The Bertz CT molecular complexity index is 1810. The molecule has 1 aliphatic carbocycles. The number of nitrogens with one attached hydrogen (secondary N) is 2. The molecule has 3 heterocycles. The van der Waals surface area contributed by atoms with Crippen LogP contribution in [0.2, 0.25) is 0 Å². The van der Waals surface area contributed by atoms with Gasteiger partial charge < -0.3 is 14.3 Å². The third-order valence-corrected chi connectivity index (χ3v) is 7.43. The fraction of sp³-hybridized carbons (Fsp3) is 0.240. The molecule has 1 fully saturated rings. The fourth-order valence-corrected chi connectivity index (χ4v) is 5.33. The summed E-state index contributed by atoms with van der Waals surface area (Å²) < 4.78 is 48.7. The highest BCUT2D eigenvalue weighted by Gasteiger charge is 2.31. The average Bonchev–Trinajstić information content (AvgIpc) is 3.63. The van der Waals surface area contributed by atoms with E-state index < -0.39 is 21.5 Å². The summed E-state index contributed by atoms with van der Waals surface area (Å²) in [6.07, 6.45) is 4.06. The van der Waals surface area contributed by atoms with Crippen LogP contribution in [0.3, 0.4) is 0 Å². The molecule has 0 bridgehead atoms. The first-order valence-electron chi connectivity index (χ1n) is 11.3. The lowest BCUT2D eigenvalue weighted by atomic mass is 10.0. The van der Waals surface area contributed by atoms with Crippen molar-refractivity contribution in [3.63, 3.8) is 0 Å². The molecule has 192 valence electrons. The van der Waals surface area contributed by atoms with E-state index in [9.17, 15) is 22.4 Å². The molecule has 0 saturated heterocycles. The molecular formula is C25H22FIN4O5S. The molecule has 3 aromatic heterocycles. The monoisotopic (exact) mass is 636 g/mol. The van der Waals surface area contributed by atoms with Gasteiger partial charge in [0.1, 0.15) is 17.0 Å². The molecule has 1 aromatic carbocycles. The van der Waals surface area contributed by atoms with Crippen LogP contribution in [-0.4, -0.2) is 24.2 Å². The zero-order valence-corrected chi connectivity index (χ0v) is 23.0. The molecule has 1 aliphatic rings. The summed E-state index contributed by atoms with van der Waals surface area (Å²) in [6, 6.07) is 7.72. The molecular weight excluding hydrogens is 614 g/mol. The van der Waals surface area contributed by atoms with E-state index in [-0.39, 0.29) is 45.3 Å². The van der Waals surface area contributed by atoms with Crippen LogP contribution in [0.15, 0.2) is 50.5 Å². The number of hydrogen-bond donors (Lipinski definition) is 2. The maximum atomic E-state index is 14.8. The van der Waals surface area contributed by atoms with Crippen molar-refractivity contribution in [2.24, 2.45) is 0 Å². The smallest absolute Gasteiger partial charge is 0.341 e. The van der Waals surface area contributed by atoms with Crippen LogP contribution in [0.1, 0.15) is 30.1 Å². The van der Waals surface area contributed by atoms with Gasteiger partial charge in [0, 0.05) is 27.1 Å². The Morgan fingerprint density at radius 1 is 1.16 bits per heavy atom. The Hall–Kier alpha value is -3.26. The third kappa shape index (κ3) is 4.87. The number of benzene rings is 1. The molecule has 4 aromatic rings. The summed E-state index contributed by atoms with van der Waals surface area (Å²) in [7, 11) is -3.60. The van der Waals surface area contributed by atoms with E-state index >= 15 is 0 Å². The van der Waals surface area contributed by atoms with Crippen molar-refractivity contribution in [3.8, 4) is 11.1 Å². The molecule has 0 spiro atoms. The minimum absolute atomic E-state index is 0.0266. The minimum atomic E-state index is -3.60.